The molecule has 0 spiro atoms. The number of carbonyl (C=O) groups excluding carboxylic acids is 3. The van der Waals surface area contributed by atoms with E-state index in [2.05, 4.69) is 10.6 Å². The number of nitrogens with one attached hydrogen (secondary N) is 2. The fourth-order valence-corrected chi connectivity index (χ4v) is 2.29. The second-order valence-electron chi connectivity index (χ2n) is 5.97. The molecule has 8 nitrogen and oxygen atoms in total. The van der Waals surface area contributed by atoms with Crippen LogP contribution < -0.4 is 20.1 Å². The molecule has 0 heterocycles. The molecule has 1 atom stereocenters. The van der Waals surface area contributed by atoms with E-state index in [-0.39, 0.29) is 5.91 Å². The normalized spacial score (nSPS) is 11.2. The minimum absolute atomic E-state index is 0.267. The third-order valence-corrected chi connectivity index (χ3v) is 3.60. The minimum Gasteiger partial charge on any atom is -0.495 e. The van der Waals surface area contributed by atoms with E-state index in [0.29, 0.717) is 22.9 Å². The van der Waals surface area contributed by atoms with Gasteiger partial charge in [0, 0.05) is 12.6 Å². The SMILES string of the molecule is COc1ccc(NC(C)=O)cc1NC(=O)COC(=O)[C@@H](C)Oc1ccc(F)cc1. The summed E-state index contributed by atoms with van der Waals surface area (Å²) < 4.78 is 28.3. The average Bonchev–Trinajstić information content (AvgIpc) is 2.67. The Morgan fingerprint density at radius 1 is 1.07 bits per heavy atom. The monoisotopic (exact) mass is 404 g/mol. The van der Waals surface area contributed by atoms with Crippen molar-refractivity contribution in [1.29, 1.82) is 0 Å². The van der Waals surface area contributed by atoms with Crippen LogP contribution in [0.3, 0.4) is 0 Å². The zero-order valence-corrected chi connectivity index (χ0v) is 16.2. The minimum atomic E-state index is -0.995. The maximum atomic E-state index is 12.9. The maximum absolute atomic E-state index is 12.9. The molecule has 154 valence electrons. The van der Waals surface area contributed by atoms with Gasteiger partial charge < -0.3 is 24.8 Å². The molecule has 0 radical (unpaired) electrons. The van der Waals surface area contributed by atoms with Crippen LogP contribution >= 0.6 is 0 Å². The summed E-state index contributed by atoms with van der Waals surface area (Å²) in [6.07, 6.45) is -0.995. The highest BCUT2D eigenvalue weighted by Crippen LogP contribution is 2.27. The van der Waals surface area contributed by atoms with Gasteiger partial charge in [-0.25, -0.2) is 9.18 Å². The molecule has 2 amide bonds. The number of halogens is 1. The lowest BCUT2D eigenvalue weighted by molar-refractivity contribution is -0.153. The average molecular weight is 404 g/mol. The lowest BCUT2D eigenvalue weighted by Gasteiger charge is -2.15. The number of amides is 2. The smallest absolute Gasteiger partial charge is 0.347 e. The Kier molecular flexibility index (Phi) is 7.53. The number of ether oxygens (including phenoxy) is 3. The van der Waals surface area contributed by atoms with Gasteiger partial charge in [-0.1, -0.05) is 0 Å². The molecule has 0 bridgehead atoms. The molecular weight excluding hydrogens is 383 g/mol. The molecule has 2 aromatic carbocycles. The van der Waals surface area contributed by atoms with Gasteiger partial charge in [-0.2, -0.15) is 0 Å². The van der Waals surface area contributed by atoms with Gasteiger partial charge in [0.15, 0.2) is 12.7 Å². The van der Waals surface area contributed by atoms with E-state index in [1.807, 2.05) is 0 Å². The lowest BCUT2D eigenvalue weighted by Crippen LogP contribution is -2.29. The second-order valence-corrected chi connectivity index (χ2v) is 5.97. The first-order chi connectivity index (χ1) is 13.8. The summed E-state index contributed by atoms with van der Waals surface area (Å²) >= 11 is 0. The second kappa shape index (κ2) is 10.1. The van der Waals surface area contributed by atoms with Crippen molar-refractivity contribution in [2.75, 3.05) is 24.4 Å². The van der Waals surface area contributed by atoms with Crippen LogP contribution in [0.25, 0.3) is 0 Å². The number of benzene rings is 2. The van der Waals surface area contributed by atoms with Crippen LogP contribution in [-0.4, -0.2) is 37.6 Å². The molecule has 0 aromatic heterocycles. The Morgan fingerprint density at radius 3 is 2.38 bits per heavy atom. The summed E-state index contributed by atoms with van der Waals surface area (Å²) in [6, 6.07) is 9.85. The molecule has 0 saturated heterocycles. The van der Waals surface area contributed by atoms with Crippen LogP contribution in [0.4, 0.5) is 15.8 Å². The van der Waals surface area contributed by atoms with Gasteiger partial charge in [-0.05, 0) is 49.4 Å². The predicted molar refractivity (Wildman–Crippen MR) is 103 cm³/mol. The van der Waals surface area contributed by atoms with Gasteiger partial charge in [-0.3, -0.25) is 9.59 Å². The Morgan fingerprint density at radius 2 is 1.76 bits per heavy atom. The summed E-state index contributed by atoms with van der Waals surface area (Å²) in [5.41, 5.74) is 0.766. The van der Waals surface area contributed by atoms with E-state index in [1.54, 1.807) is 12.1 Å². The van der Waals surface area contributed by atoms with Crippen LogP contribution in [0, 0.1) is 5.82 Å². The van der Waals surface area contributed by atoms with E-state index in [1.165, 1.54) is 51.3 Å². The van der Waals surface area contributed by atoms with Crippen LogP contribution in [0.15, 0.2) is 42.5 Å². The molecule has 0 aliphatic rings. The van der Waals surface area contributed by atoms with E-state index in [0.717, 1.165) is 0 Å². The largest absolute Gasteiger partial charge is 0.495 e. The standard InChI is InChI=1S/C20H21FN2O6/c1-12(29-16-7-4-14(21)5-8-16)20(26)28-11-19(25)23-17-10-15(22-13(2)24)6-9-18(17)27-3/h4-10,12H,11H2,1-3H3,(H,22,24)(H,23,25)/t12-/m1/s1. The fourth-order valence-electron chi connectivity index (χ4n) is 2.29. The van der Waals surface area contributed by atoms with Crippen molar-refractivity contribution in [2.24, 2.45) is 0 Å². The molecule has 0 fully saturated rings. The Labute approximate surface area is 166 Å². The first-order valence-electron chi connectivity index (χ1n) is 8.63. The molecular formula is C20H21FN2O6. The van der Waals surface area contributed by atoms with Crippen molar-refractivity contribution in [1.82, 2.24) is 0 Å². The highest BCUT2D eigenvalue weighted by Gasteiger charge is 2.18. The summed E-state index contributed by atoms with van der Waals surface area (Å²) in [5, 5.41) is 5.14. The summed E-state index contributed by atoms with van der Waals surface area (Å²) in [5.74, 6) is -1.40. The third kappa shape index (κ3) is 6.80. The van der Waals surface area contributed by atoms with Crippen LogP contribution in [-0.2, 0) is 19.1 Å². The highest BCUT2D eigenvalue weighted by molar-refractivity contribution is 5.96. The number of esters is 1. The maximum Gasteiger partial charge on any atom is 0.347 e. The van der Waals surface area contributed by atoms with Crippen LogP contribution in [0.5, 0.6) is 11.5 Å². The molecule has 0 aliphatic carbocycles. The predicted octanol–water partition coefficient (Wildman–Crippen LogP) is 2.74. The first kappa shape index (κ1) is 21.7. The summed E-state index contributed by atoms with van der Waals surface area (Å²) in [7, 11) is 1.43. The number of anilines is 2. The van der Waals surface area contributed by atoms with E-state index in [4.69, 9.17) is 14.2 Å². The number of hydrogen-bond acceptors (Lipinski definition) is 6. The van der Waals surface area contributed by atoms with Gasteiger partial charge in [0.1, 0.15) is 17.3 Å². The highest BCUT2D eigenvalue weighted by atomic mass is 19.1. The van der Waals surface area contributed by atoms with Crippen molar-refractivity contribution in [2.45, 2.75) is 20.0 Å². The Hall–Kier alpha value is -3.62. The fraction of sp³-hybridized carbons (Fsp3) is 0.250. The van der Waals surface area contributed by atoms with Crippen molar-refractivity contribution < 1.29 is 33.0 Å². The topological polar surface area (TPSA) is 103 Å². The summed E-state index contributed by atoms with van der Waals surface area (Å²) in [4.78, 5) is 35.3. The van der Waals surface area contributed by atoms with Crippen molar-refractivity contribution in [3.8, 4) is 11.5 Å². The quantitative estimate of drug-likeness (QED) is 0.656. The Bertz CT molecular complexity index is 885. The molecule has 0 unspecified atom stereocenters. The number of carbonyl (C=O) groups is 3. The van der Waals surface area contributed by atoms with Crippen molar-refractivity contribution in [3.05, 3.63) is 48.3 Å². The van der Waals surface area contributed by atoms with Crippen molar-refractivity contribution >= 4 is 29.2 Å². The van der Waals surface area contributed by atoms with Gasteiger partial charge in [0.2, 0.25) is 5.91 Å². The van der Waals surface area contributed by atoms with Gasteiger partial charge in [-0.15, -0.1) is 0 Å². The number of methoxy groups -OCH3 is 1. The molecule has 2 rings (SSSR count). The zero-order chi connectivity index (χ0) is 21.4. The van der Waals surface area contributed by atoms with Crippen LogP contribution in [0.2, 0.25) is 0 Å². The van der Waals surface area contributed by atoms with Gasteiger partial charge >= 0.3 is 5.97 Å². The first-order valence-corrected chi connectivity index (χ1v) is 8.63. The van der Waals surface area contributed by atoms with Gasteiger partial charge in [0.05, 0.1) is 12.8 Å². The number of hydrogen-bond donors (Lipinski definition) is 2. The molecule has 2 N–H and O–H groups in total. The lowest BCUT2D eigenvalue weighted by atomic mass is 10.2. The van der Waals surface area contributed by atoms with E-state index < -0.39 is 30.4 Å². The third-order valence-electron chi connectivity index (χ3n) is 3.60. The van der Waals surface area contributed by atoms with E-state index >= 15 is 0 Å². The Balaban J connectivity index is 1.90. The molecule has 0 aliphatic heterocycles. The van der Waals surface area contributed by atoms with Gasteiger partial charge in [0.25, 0.3) is 5.91 Å². The molecule has 2 aromatic rings. The molecule has 29 heavy (non-hydrogen) atoms. The number of rotatable bonds is 8. The molecule has 9 heteroatoms. The van der Waals surface area contributed by atoms with E-state index in [9.17, 15) is 18.8 Å². The van der Waals surface area contributed by atoms with Crippen LogP contribution in [0.1, 0.15) is 13.8 Å². The molecule has 0 saturated carbocycles. The summed E-state index contributed by atoms with van der Waals surface area (Å²) in [6.45, 7) is 2.25. The van der Waals surface area contributed by atoms with Crippen molar-refractivity contribution in [3.63, 3.8) is 0 Å². The zero-order valence-electron chi connectivity index (χ0n) is 16.2.